The third-order valence-corrected chi connectivity index (χ3v) is 2.85. The van der Waals surface area contributed by atoms with Gasteiger partial charge >= 0.3 is 0 Å². The third-order valence-electron chi connectivity index (χ3n) is 2.85. The number of carbonyl (C=O) groups excluding carboxylic acids is 1. The van der Waals surface area contributed by atoms with Crippen molar-refractivity contribution in [1.29, 1.82) is 0 Å². The molecular weight excluding hydrogens is 270 g/mol. The number of ether oxygens (including phenoxy) is 1. The molecule has 0 bridgehead atoms. The van der Waals surface area contributed by atoms with Gasteiger partial charge < -0.3 is 14.6 Å². The summed E-state index contributed by atoms with van der Waals surface area (Å²) < 4.78 is 10.4. The minimum absolute atomic E-state index is 0.0259. The summed E-state index contributed by atoms with van der Waals surface area (Å²) in [5.41, 5.74) is 0.753. The average Bonchev–Trinajstić information content (AvgIpc) is 2.93. The zero-order valence-corrected chi connectivity index (χ0v) is 12.4. The van der Waals surface area contributed by atoms with Crippen molar-refractivity contribution in [3.8, 4) is 17.1 Å². The maximum absolute atomic E-state index is 11.6. The van der Waals surface area contributed by atoms with E-state index in [0.717, 1.165) is 5.56 Å². The Morgan fingerprint density at radius 3 is 2.86 bits per heavy atom. The van der Waals surface area contributed by atoms with Crippen molar-refractivity contribution >= 4 is 5.91 Å². The van der Waals surface area contributed by atoms with Gasteiger partial charge in [-0.05, 0) is 18.1 Å². The maximum atomic E-state index is 11.6. The molecule has 0 saturated carbocycles. The number of aromatic nitrogens is 2. The highest BCUT2D eigenvalue weighted by atomic mass is 16.5. The monoisotopic (exact) mass is 289 g/mol. The van der Waals surface area contributed by atoms with Gasteiger partial charge in [0.2, 0.25) is 17.6 Å². The van der Waals surface area contributed by atoms with E-state index in [2.05, 4.69) is 15.5 Å². The molecular formula is C15H19N3O3. The number of nitrogens with one attached hydrogen (secondary N) is 1. The first-order valence-electron chi connectivity index (χ1n) is 6.82. The lowest BCUT2D eigenvalue weighted by Crippen LogP contribution is -2.24. The fourth-order valence-electron chi connectivity index (χ4n) is 1.88. The van der Waals surface area contributed by atoms with Crippen LogP contribution in [-0.4, -0.2) is 23.2 Å². The molecule has 0 aliphatic carbocycles. The molecule has 0 fully saturated rings. The lowest BCUT2D eigenvalue weighted by Gasteiger charge is -2.04. The normalized spacial score (nSPS) is 10.7. The van der Waals surface area contributed by atoms with Gasteiger partial charge in [-0.3, -0.25) is 4.79 Å². The van der Waals surface area contributed by atoms with Crippen LogP contribution >= 0.6 is 0 Å². The van der Waals surface area contributed by atoms with Gasteiger partial charge in [0.1, 0.15) is 5.75 Å². The van der Waals surface area contributed by atoms with Crippen LogP contribution < -0.4 is 10.1 Å². The van der Waals surface area contributed by atoms with E-state index < -0.39 is 0 Å². The zero-order valence-electron chi connectivity index (χ0n) is 12.4. The number of benzene rings is 1. The number of nitrogens with zero attached hydrogens (tertiary/aromatic N) is 2. The fourth-order valence-corrected chi connectivity index (χ4v) is 1.88. The van der Waals surface area contributed by atoms with Gasteiger partial charge in [-0.1, -0.05) is 31.1 Å². The lowest BCUT2D eigenvalue weighted by molar-refractivity contribution is -0.122. The standard InChI is InChI=1S/C15H19N3O3/c1-10(2)8-13(19)16-9-14-17-15(18-21-14)11-6-4-5-7-12(11)20-3/h4-7,10H,8-9H2,1-3H3,(H,16,19). The van der Waals surface area contributed by atoms with Crippen LogP contribution in [0.2, 0.25) is 0 Å². The van der Waals surface area contributed by atoms with Gasteiger partial charge in [0.25, 0.3) is 0 Å². The van der Waals surface area contributed by atoms with E-state index in [1.807, 2.05) is 38.1 Å². The van der Waals surface area contributed by atoms with E-state index in [-0.39, 0.29) is 12.5 Å². The highest BCUT2D eigenvalue weighted by molar-refractivity contribution is 5.75. The Hall–Kier alpha value is -2.37. The number of methoxy groups -OCH3 is 1. The number of rotatable bonds is 6. The molecule has 0 radical (unpaired) electrons. The molecule has 2 aromatic rings. The van der Waals surface area contributed by atoms with Crippen molar-refractivity contribution in [2.24, 2.45) is 5.92 Å². The van der Waals surface area contributed by atoms with Crippen LogP contribution in [0.1, 0.15) is 26.2 Å². The summed E-state index contributed by atoms with van der Waals surface area (Å²) in [6, 6.07) is 7.42. The summed E-state index contributed by atoms with van der Waals surface area (Å²) in [5.74, 6) is 1.78. The van der Waals surface area contributed by atoms with Crippen LogP contribution in [0.25, 0.3) is 11.4 Å². The quantitative estimate of drug-likeness (QED) is 0.883. The number of carbonyl (C=O) groups is 1. The molecule has 2 rings (SSSR count). The lowest BCUT2D eigenvalue weighted by atomic mass is 10.1. The van der Waals surface area contributed by atoms with Crippen molar-refractivity contribution in [1.82, 2.24) is 15.5 Å². The second-order valence-corrected chi connectivity index (χ2v) is 5.09. The van der Waals surface area contributed by atoms with E-state index in [0.29, 0.717) is 29.8 Å². The molecule has 0 aliphatic rings. The molecule has 0 unspecified atom stereocenters. The zero-order chi connectivity index (χ0) is 15.2. The van der Waals surface area contributed by atoms with Crippen molar-refractivity contribution in [3.05, 3.63) is 30.2 Å². The predicted molar refractivity (Wildman–Crippen MR) is 77.6 cm³/mol. The Morgan fingerprint density at radius 1 is 1.38 bits per heavy atom. The van der Waals surface area contributed by atoms with Crippen molar-refractivity contribution in [3.63, 3.8) is 0 Å². The second kappa shape index (κ2) is 6.88. The Labute approximate surface area is 123 Å². The van der Waals surface area contributed by atoms with Gasteiger partial charge in [-0.2, -0.15) is 4.98 Å². The molecule has 0 aliphatic heterocycles. The first-order valence-corrected chi connectivity index (χ1v) is 6.82. The number of hydrogen-bond donors (Lipinski definition) is 1. The molecule has 0 spiro atoms. The average molecular weight is 289 g/mol. The molecule has 6 nitrogen and oxygen atoms in total. The summed E-state index contributed by atoms with van der Waals surface area (Å²) in [6.07, 6.45) is 0.480. The highest BCUT2D eigenvalue weighted by Crippen LogP contribution is 2.26. The summed E-state index contributed by atoms with van der Waals surface area (Å²) in [6.45, 7) is 4.21. The van der Waals surface area contributed by atoms with E-state index in [4.69, 9.17) is 9.26 Å². The number of hydrogen-bond acceptors (Lipinski definition) is 5. The molecule has 112 valence electrons. The SMILES string of the molecule is COc1ccccc1-c1noc(CNC(=O)CC(C)C)n1. The molecule has 0 atom stereocenters. The first-order chi connectivity index (χ1) is 10.1. The summed E-state index contributed by atoms with van der Waals surface area (Å²) >= 11 is 0. The Balaban J connectivity index is 2.03. The van der Waals surface area contributed by atoms with E-state index >= 15 is 0 Å². The molecule has 21 heavy (non-hydrogen) atoms. The smallest absolute Gasteiger partial charge is 0.246 e. The van der Waals surface area contributed by atoms with Crippen LogP contribution in [0.3, 0.4) is 0 Å². The Bertz CT molecular complexity index is 608. The molecule has 0 saturated heterocycles. The largest absolute Gasteiger partial charge is 0.496 e. The molecule has 1 aromatic carbocycles. The number of para-hydroxylation sites is 1. The first kappa shape index (κ1) is 15.0. The Morgan fingerprint density at radius 2 is 2.14 bits per heavy atom. The minimum Gasteiger partial charge on any atom is -0.496 e. The minimum atomic E-state index is -0.0259. The van der Waals surface area contributed by atoms with Crippen LogP contribution in [0.5, 0.6) is 5.75 Å². The predicted octanol–water partition coefficient (Wildman–Crippen LogP) is 2.41. The van der Waals surface area contributed by atoms with Gasteiger partial charge in [-0.15, -0.1) is 0 Å². The van der Waals surface area contributed by atoms with Gasteiger partial charge in [0, 0.05) is 6.42 Å². The molecule has 1 N–H and O–H groups in total. The topological polar surface area (TPSA) is 77.3 Å². The summed E-state index contributed by atoms with van der Waals surface area (Å²) in [5, 5.41) is 6.67. The third kappa shape index (κ3) is 4.05. The highest BCUT2D eigenvalue weighted by Gasteiger charge is 2.13. The van der Waals surface area contributed by atoms with Crippen molar-refractivity contribution < 1.29 is 14.1 Å². The van der Waals surface area contributed by atoms with Crippen LogP contribution in [0.4, 0.5) is 0 Å². The maximum Gasteiger partial charge on any atom is 0.246 e. The van der Waals surface area contributed by atoms with Crippen molar-refractivity contribution in [2.45, 2.75) is 26.8 Å². The van der Waals surface area contributed by atoms with E-state index in [9.17, 15) is 4.79 Å². The Kier molecular flexibility index (Phi) is 4.92. The molecule has 1 amide bonds. The van der Waals surface area contributed by atoms with Crippen molar-refractivity contribution in [2.75, 3.05) is 7.11 Å². The van der Waals surface area contributed by atoms with Crippen LogP contribution in [-0.2, 0) is 11.3 Å². The number of amides is 1. The molecule has 1 heterocycles. The van der Waals surface area contributed by atoms with E-state index in [1.54, 1.807) is 7.11 Å². The van der Waals surface area contributed by atoms with Gasteiger partial charge in [0.15, 0.2) is 0 Å². The molecule has 6 heteroatoms. The molecule has 1 aromatic heterocycles. The van der Waals surface area contributed by atoms with Gasteiger partial charge in [-0.25, -0.2) is 0 Å². The summed E-state index contributed by atoms with van der Waals surface area (Å²) in [7, 11) is 1.59. The van der Waals surface area contributed by atoms with Gasteiger partial charge in [0.05, 0.1) is 19.2 Å². The van der Waals surface area contributed by atoms with E-state index in [1.165, 1.54) is 0 Å². The van der Waals surface area contributed by atoms with Crippen LogP contribution in [0.15, 0.2) is 28.8 Å². The second-order valence-electron chi connectivity index (χ2n) is 5.09. The summed E-state index contributed by atoms with van der Waals surface area (Å²) in [4.78, 5) is 15.9. The van der Waals surface area contributed by atoms with Crippen LogP contribution in [0, 0.1) is 5.92 Å². The fraction of sp³-hybridized carbons (Fsp3) is 0.400.